The first-order valence-corrected chi connectivity index (χ1v) is 9.38. The summed E-state index contributed by atoms with van der Waals surface area (Å²) in [6.07, 6.45) is 1.81. The first kappa shape index (κ1) is 18.4. The largest absolute Gasteiger partial charge is 0.383 e. The van der Waals surface area contributed by atoms with E-state index in [-0.39, 0.29) is 30.0 Å². The van der Waals surface area contributed by atoms with E-state index < -0.39 is 15.3 Å². The van der Waals surface area contributed by atoms with Gasteiger partial charge in [0, 0.05) is 26.2 Å². The van der Waals surface area contributed by atoms with E-state index in [9.17, 15) is 13.2 Å². The molecule has 1 rings (SSSR count). The van der Waals surface area contributed by atoms with Gasteiger partial charge in [-0.2, -0.15) is 0 Å². The fourth-order valence-electron chi connectivity index (χ4n) is 2.89. The minimum absolute atomic E-state index is 0.0332. The van der Waals surface area contributed by atoms with E-state index in [1.165, 1.54) is 0 Å². The summed E-state index contributed by atoms with van der Waals surface area (Å²) in [6.45, 7) is 5.00. The standard InChI is InChI=1S/C14H28N2O4S/c1-4-14(5-2,11-15)13(17)16(7-8-20-3)12-6-9-21(18,19)10-12/h12H,4-11,15H2,1-3H3. The summed E-state index contributed by atoms with van der Waals surface area (Å²) in [5.41, 5.74) is 5.25. The molecule has 0 radical (unpaired) electrons. The fraction of sp³-hybridized carbons (Fsp3) is 0.929. The minimum Gasteiger partial charge on any atom is -0.383 e. The van der Waals surface area contributed by atoms with Crippen LogP contribution >= 0.6 is 0 Å². The number of nitrogens with zero attached hydrogens (tertiary/aromatic N) is 1. The second kappa shape index (κ2) is 7.56. The summed E-state index contributed by atoms with van der Waals surface area (Å²) in [4.78, 5) is 14.6. The van der Waals surface area contributed by atoms with Crippen molar-refractivity contribution in [1.82, 2.24) is 4.90 Å². The van der Waals surface area contributed by atoms with Crippen LogP contribution in [0.1, 0.15) is 33.1 Å². The molecule has 0 bridgehead atoms. The number of amides is 1. The molecule has 7 heteroatoms. The van der Waals surface area contributed by atoms with Crippen molar-refractivity contribution in [1.29, 1.82) is 0 Å². The van der Waals surface area contributed by atoms with Crippen LogP contribution in [0.25, 0.3) is 0 Å². The third-order valence-electron chi connectivity index (χ3n) is 4.64. The summed E-state index contributed by atoms with van der Waals surface area (Å²) in [6, 6.07) is -0.248. The van der Waals surface area contributed by atoms with Crippen molar-refractivity contribution in [3.05, 3.63) is 0 Å². The quantitative estimate of drug-likeness (QED) is 0.700. The summed E-state index contributed by atoms with van der Waals surface area (Å²) >= 11 is 0. The molecule has 6 nitrogen and oxygen atoms in total. The van der Waals surface area contributed by atoms with Crippen molar-refractivity contribution in [3.8, 4) is 0 Å². The van der Waals surface area contributed by atoms with E-state index in [0.717, 1.165) is 0 Å². The maximum absolute atomic E-state index is 13.0. The average Bonchev–Trinajstić information content (AvgIpc) is 2.82. The normalized spacial score (nSPS) is 21.4. The fourth-order valence-corrected chi connectivity index (χ4v) is 4.62. The van der Waals surface area contributed by atoms with Crippen molar-refractivity contribution in [2.24, 2.45) is 11.1 Å². The SMILES string of the molecule is CCC(CC)(CN)C(=O)N(CCOC)C1CCS(=O)(=O)C1. The monoisotopic (exact) mass is 320 g/mol. The van der Waals surface area contributed by atoms with Gasteiger partial charge in [-0.15, -0.1) is 0 Å². The van der Waals surface area contributed by atoms with Crippen molar-refractivity contribution >= 4 is 15.7 Å². The number of hydrogen-bond donors (Lipinski definition) is 1. The molecule has 1 heterocycles. The van der Waals surface area contributed by atoms with Crippen molar-refractivity contribution in [2.45, 2.75) is 39.2 Å². The number of hydrogen-bond acceptors (Lipinski definition) is 5. The molecule has 1 saturated heterocycles. The Kier molecular flexibility index (Phi) is 6.62. The highest BCUT2D eigenvalue weighted by atomic mass is 32.2. The molecular weight excluding hydrogens is 292 g/mol. The second-order valence-corrected chi connectivity index (χ2v) is 7.97. The molecule has 1 fully saturated rings. The third kappa shape index (κ3) is 4.17. The zero-order valence-corrected chi connectivity index (χ0v) is 14.1. The van der Waals surface area contributed by atoms with Gasteiger partial charge >= 0.3 is 0 Å². The van der Waals surface area contributed by atoms with Crippen LogP contribution in [0.15, 0.2) is 0 Å². The highest BCUT2D eigenvalue weighted by Crippen LogP contribution is 2.30. The molecule has 1 atom stereocenters. The molecule has 0 aromatic heterocycles. The highest BCUT2D eigenvalue weighted by molar-refractivity contribution is 7.91. The van der Waals surface area contributed by atoms with Crippen LogP contribution in [-0.4, -0.2) is 63.6 Å². The lowest BCUT2D eigenvalue weighted by atomic mass is 9.80. The molecule has 0 aromatic rings. The second-order valence-electron chi connectivity index (χ2n) is 5.74. The van der Waals surface area contributed by atoms with Crippen LogP contribution in [0.5, 0.6) is 0 Å². The molecule has 124 valence electrons. The van der Waals surface area contributed by atoms with Gasteiger partial charge in [-0.3, -0.25) is 4.79 Å². The van der Waals surface area contributed by atoms with Gasteiger partial charge in [-0.1, -0.05) is 13.8 Å². The van der Waals surface area contributed by atoms with Crippen LogP contribution in [-0.2, 0) is 19.4 Å². The maximum atomic E-state index is 13.0. The molecule has 1 amide bonds. The van der Waals surface area contributed by atoms with Gasteiger partial charge in [0.25, 0.3) is 0 Å². The molecular formula is C14H28N2O4S. The van der Waals surface area contributed by atoms with Crippen LogP contribution < -0.4 is 5.73 Å². The smallest absolute Gasteiger partial charge is 0.230 e. The van der Waals surface area contributed by atoms with E-state index in [1.807, 2.05) is 13.8 Å². The molecule has 21 heavy (non-hydrogen) atoms. The zero-order chi connectivity index (χ0) is 16.1. The number of carbonyl (C=O) groups is 1. The number of carbonyl (C=O) groups excluding carboxylic acids is 1. The topological polar surface area (TPSA) is 89.7 Å². The van der Waals surface area contributed by atoms with Crippen molar-refractivity contribution in [3.63, 3.8) is 0 Å². The van der Waals surface area contributed by atoms with E-state index >= 15 is 0 Å². The molecule has 0 saturated carbocycles. The molecule has 1 unspecified atom stereocenters. The Morgan fingerprint density at radius 2 is 2.00 bits per heavy atom. The Morgan fingerprint density at radius 3 is 2.38 bits per heavy atom. The lowest BCUT2D eigenvalue weighted by Gasteiger charge is -2.38. The lowest BCUT2D eigenvalue weighted by Crippen LogP contribution is -2.52. The van der Waals surface area contributed by atoms with Gasteiger partial charge in [0.05, 0.1) is 23.5 Å². The number of nitrogens with two attached hydrogens (primary N) is 1. The number of sulfone groups is 1. The van der Waals surface area contributed by atoms with Crippen LogP contribution in [0.4, 0.5) is 0 Å². The molecule has 0 aliphatic carbocycles. The van der Waals surface area contributed by atoms with E-state index in [1.54, 1.807) is 12.0 Å². The highest BCUT2D eigenvalue weighted by Gasteiger charge is 2.42. The Hall–Kier alpha value is -0.660. The van der Waals surface area contributed by atoms with E-state index in [4.69, 9.17) is 10.5 Å². The van der Waals surface area contributed by atoms with Gasteiger partial charge < -0.3 is 15.4 Å². The van der Waals surface area contributed by atoms with Gasteiger partial charge in [0.2, 0.25) is 5.91 Å². The Bertz CT molecular complexity index is 438. The van der Waals surface area contributed by atoms with Gasteiger partial charge in [-0.05, 0) is 19.3 Å². The van der Waals surface area contributed by atoms with Crippen molar-refractivity contribution < 1.29 is 17.9 Å². The van der Waals surface area contributed by atoms with Crippen LogP contribution in [0, 0.1) is 5.41 Å². The summed E-state index contributed by atoms with van der Waals surface area (Å²) < 4.78 is 28.5. The van der Waals surface area contributed by atoms with Crippen LogP contribution in [0.3, 0.4) is 0 Å². The van der Waals surface area contributed by atoms with Crippen LogP contribution in [0.2, 0.25) is 0 Å². The average molecular weight is 320 g/mol. The van der Waals surface area contributed by atoms with Gasteiger partial charge in [0.1, 0.15) is 0 Å². The third-order valence-corrected chi connectivity index (χ3v) is 6.39. The zero-order valence-electron chi connectivity index (χ0n) is 13.3. The molecule has 2 N–H and O–H groups in total. The minimum atomic E-state index is -3.03. The predicted molar refractivity (Wildman–Crippen MR) is 82.7 cm³/mol. The number of ether oxygens (including phenoxy) is 1. The van der Waals surface area contributed by atoms with Gasteiger partial charge in [0.15, 0.2) is 9.84 Å². The molecule has 1 aliphatic heterocycles. The molecule has 0 spiro atoms. The number of rotatable bonds is 8. The molecule has 1 aliphatic rings. The predicted octanol–water partition coefficient (Wildman–Crippen LogP) is 0.414. The Labute approximate surface area is 127 Å². The first-order chi connectivity index (χ1) is 9.85. The van der Waals surface area contributed by atoms with E-state index in [2.05, 4.69) is 0 Å². The summed E-state index contributed by atoms with van der Waals surface area (Å²) in [5, 5.41) is 0. The summed E-state index contributed by atoms with van der Waals surface area (Å²) in [7, 11) is -1.46. The summed E-state index contributed by atoms with van der Waals surface area (Å²) in [5.74, 6) is 0.174. The first-order valence-electron chi connectivity index (χ1n) is 7.56. The maximum Gasteiger partial charge on any atom is 0.230 e. The van der Waals surface area contributed by atoms with Crippen molar-refractivity contribution in [2.75, 3.05) is 38.3 Å². The van der Waals surface area contributed by atoms with E-state index in [0.29, 0.717) is 32.4 Å². The lowest BCUT2D eigenvalue weighted by molar-refractivity contribution is -0.145. The number of methoxy groups -OCH3 is 1. The molecule has 0 aromatic carbocycles. The Balaban J connectivity index is 2.99. The van der Waals surface area contributed by atoms with Gasteiger partial charge in [-0.25, -0.2) is 8.42 Å². The Morgan fingerprint density at radius 1 is 1.38 bits per heavy atom.